The fraction of sp³-hybridized carbons (Fsp3) is 0.294. The Labute approximate surface area is 135 Å². The zero-order valence-corrected chi connectivity index (χ0v) is 12.8. The molecule has 1 N–H and O–H groups in total. The van der Waals surface area contributed by atoms with Gasteiger partial charge >= 0.3 is 0 Å². The van der Waals surface area contributed by atoms with Gasteiger partial charge in [0.05, 0.1) is 25.1 Å². The van der Waals surface area contributed by atoms with Gasteiger partial charge in [0, 0.05) is 13.1 Å². The van der Waals surface area contributed by atoms with Crippen LogP contribution in [0.25, 0.3) is 0 Å². The third kappa shape index (κ3) is 4.43. The highest BCUT2D eigenvalue weighted by Gasteiger charge is 2.11. The molecule has 1 fully saturated rings. The van der Waals surface area contributed by atoms with E-state index in [0.29, 0.717) is 11.6 Å². The first kappa shape index (κ1) is 15.3. The number of nitrogens with zero attached hydrogens (tertiary/aromatic N) is 2. The van der Waals surface area contributed by atoms with Crippen LogP contribution in [-0.4, -0.2) is 43.8 Å². The molecule has 2 aromatic rings. The Balaban J connectivity index is 1.50. The minimum absolute atomic E-state index is 0.0447. The lowest BCUT2D eigenvalue weighted by molar-refractivity contribution is -0.118. The van der Waals surface area contributed by atoms with Crippen molar-refractivity contribution in [3.8, 4) is 5.75 Å². The van der Waals surface area contributed by atoms with Crippen molar-refractivity contribution in [3.63, 3.8) is 0 Å². The summed E-state index contributed by atoms with van der Waals surface area (Å²) >= 11 is 0. The smallest absolute Gasteiger partial charge is 0.263 e. The standard InChI is InChI=1S/C17H19N3O3/c21-17(13-23-15-4-2-1-3-5-15)19-16-7-6-14(12-18-16)20-8-10-22-11-9-20/h1-7,12H,8-11,13H2,(H,18,19,21). The van der Waals surface area contributed by atoms with Gasteiger partial charge in [-0.25, -0.2) is 4.98 Å². The molecule has 2 heterocycles. The molecule has 6 nitrogen and oxygen atoms in total. The molecule has 0 spiro atoms. The van der Waals surface area contributed by atoms with Gasteiger partial charge in [-0.2, -0.15) is 0 Å². The lowest BCUT2D eigenvalue weighted by Crippen LogP contribution is -2.36. The van der Waals surface area contributed by atoms with Crippen LogP contribution in [0.2, 0.25) is 0 Å². The number of morpholine rings is 1. The summed E-state index contributed by atoms with van der Waals surface area (Å²) in [6, 6.07) is 13.0. The third-order valence-corrected chi connectivity index (χ3v) is 3.50. The van der Waals surface area contributed by atoms with Crippen LogP contribution >= 0.6 is 0 Å². The lowest BCUT2D eigenvalue weighted by atomic mass is 10.3. The van der Waals surface area contributed by atoms with Crippen molar-refractivity contribution in [1.82, 2.24) is 4.98 Å². The lowest BCUT2D eigenvalue weighted by Gasteiger charge is -2.28. The minimum Gasteiger partial charge on any atom is -0.484 e. The Morgan fingerprint density at radius 2 is 1.96 bits per heavy atom. The Kier molecular flexibility index (Phi) is 5.06. The molecule has 23 heavy (non-hydrogen) atoms. The predicted octanol–water partition coefficient (Wildman–Crippen LogP) is 1.94. The summed E-state index contributed by atoms with van der Waals surface area (Å²) in [6.45, 7) is 3.14. The van der Waals surface area contributed by atoms with E-state index in [1.54, 1.807) is 12.3 Å². The number of pyridine rings is 1. The van der Waals surface area contributed by atoms with E-state index >= 15 is 0 Å². The quantitative estimate of drug-likeness (QED) is 0.914. The molecule has 0 atom stereocenters. The maximum Gasteiger partial charge on any atom is 0.263 e. The molecule has 0 bridgehead atoms. The van der Waals surface area contributed by atoms with E-state index in [9.17, 15) is 4.79 Å². The number of rotatable bonds is 5. The first-order chi connectivity index (χ1) is 11.3. The molecule has 1 aliphatic rings. The number of aromatic nitrogens is 1. The highest BCUT2D eigenvalue weighted by atomic mass is 16.5. The average Bonchev–Trinajstić information content (AvgIpc) is 2.62. The highest BCUT2D eigenvalue weighted by molar-refractivity contribution is 5.91. The minimum atomic E-state index is -0.236. The fourth-order valence-corrected chi connectivity index (χ4v) is 2.31. The van der Waals surface area contributed by atoms with Crippen LogP contribution in [0.5, 0.6) is 5.75 Å². The monoisotopic (exact) mass is 313 g/mol. The molecule has 1 amide bonds. The number of ether oxygens (including phenoxy) is 2. The zero-order valence-electron chi connectivity index (χ0n) is 12.8. The maximum atomic E-state index is 11.9. The molecular formula is C17H19N3O3. The predicted molar refractivity (Wildman–Crippen MR) is 87.8 cm³/mol. The summed E-state index contributed by atoms with van der Waals surface area (Å²) in [4.78, 5) is 18.4. The number of anilines is 2. The van der Waals surface area contributed by atoms with Gasteiger partial charge in [-0.05, 0) is 24.3 Å². The molecule has 0 unspecified atom stereocenters. The topological polar surface area (TPSA) is 63.7 Å². The van der Waals surface area contributed by atoms with E-state index in [0.717, 1.165) is 32.0 Å². The molecule has 1 aromatic carbocycles. The number of hydrogen-bond acceptors (Lipinski definition) is 5. The fourth-order valence-electron chi connectivity index (χ4n) is 2.31. The van der Waals surface area contributed by atoms with Gasteiger partial charge in [-0.3, -0.25) is 4.79 Å². The van der Waals surface area contributed by atoms with E-state index < -0.39 is 0 Å². The van der Waals surface area contributed by atoms with Crippen molar-refractivity contribution in [3.05, 3.63) is 48.7 Å². The first-order valence-corrected chi connectivity index (χ1v) is 7.58. The Hall–Kier alpha value is -2.60. The number of benzene rings is 1. The molecule has 3 rings (SSSR count). The number of nitrogens with one attached hydrogen (secondary N) is 1. The summed E-state index contributed by atoms with van der Waals surface area (Å²) in [5.41, 5.74) is 1.03. The summed E-state index contributed by atoms with van der Waals surface area (Å²) < 4.78 is 10.7. The van der Waals surface area contributed by atoms with Crippen LogP contribution in [0.1, 0.15) is 0 Å². The summed E-state index contributed by atoms with van der Waals surface area (Å²) in [5.74, 6) is 0.947. The van der Waals surface area contributed by atoms with E-state index in [2.05, 4.69) is 15.2 Å². The van der Waals surface area contributed by atoms with Crippen LogP contribution in [0, 0.1) is 0 Å². The molecule has 120 valence electrons. The van der Waals surface area contributed by atoms with Crippen LogP contribution in [0.15, 0.2) is 48.7 Å². The molecular weight excluding hydrogens is 294 g/mol. The number of carbonyl (C=O) groups is 1. The maximum absolute atomic E-state index is 11.9. The van der Waals surface area contributed by atoms with E-state index in [1.807, 2.05) is 36.4 Å². The van der Waals surface area contributed by atoms with Crippen LogP contribution in [-0.2, 0) is 9.53 Å². The number of amides is 1. The summed E-state index contributed by atoms with van der Waals surface area (Å²) in [5, 5.41) is 2.72. The first-order valence-electron chi connectivity index (χ1n) is 7.58. The second-order valence-corrected chi connectivity index (χ2v) is 5.15. The van der Waals surface area contributed by atoms with E-state index in [4.69, 9.17) is 9.47 Å². The average molecular weight is 313 g/mol. The SMILES string of the molecule is O=C(COc1ccccc1)Nc1ccc(N2CCOCC2)cn1. The second-order valence-electron chi connectivity index (χ2n) is 5.15. The van der Waals surface area contributed by atoms with Gasteiger partial charge < -0.3 is 19.7 Å². The largest absolute Gasteiger partial charge is 0.484 e. The summed E-state index contributed by atoms with van der Waals surface area (Å²) in [7, 11) is 0. The zero-order chi connectivity index (χ0) is 15.9. The number of hydrogen-bond donors (Lipinski definition) is 1. The molecule has 1 aliphatic heterocycles. The van der Waals surface area contributed by atoms with Gasteiger partial charge in [0.1, 0.15) is 11.6 Å². The van der Waals surface area contributed by atoms with Crippen molar-refractivity contribution in [2.75, 3.05) is 43.1 Å². The molecule has 0 saturated carbocycles. The van der Waals surface area contributed by atoms with Crippen LogP contribution < -0.4 is 15.0 Å². The normalized spacial score (nSPS) is 14.3. The molecule has 0 aliphatic carbocycles. The summed E-state index contributed by atoms with van der Waals surface area (Å²) in [6.07, 6.45) is 1.76. The molecule has 1 saturated heterocycles. The third-order valence-electron chi connectivity index (χ3n) is 3.50. The Morgan fingerprint density at radius 1 is 1.17 bits per heavy atom. The van der Waals surface area contributed by atoms with E-state index in [1.165, 1.54) is 0 Å². The van der Waals surface area contributed by atoms with Crippen molar-refractivity contribution >= 4 is 17.4 Å². The van der Waals surface area contributed by atoms with E-state index in [-0.39, 0.29) is 12.5 Å². The molecule has 1 aromatic heterocycles. The van der Waals surface area contributed by atoms with Gasteiger partial charge in [-0.15, -0.1) is 0 Å². The van der Waals surface area contributed by atoms with Crippen LogP contribution in [0.3, 0.4) is 0 Å². The Bertz CT molecular complexity index is 625. The molecule has 0 radical (unpaired) electrons. The highest BCUT2D eigenvalue weighted by Crippen LogP contribution is 2.16. The van der Waals surface area contributed by atoms with Gasteiger partial charge in [0.15, 0.2) is 6.61 Å². The van der Waals surface area contributed by atoms with Crippen molar-refractivity contribution in [2.24, 2.45) is 0 Å². The second kappa shape index (κ2) is 7.60. The number of para-hydroxylation sites is 1. The van der Waals surface area contributed by atoms with Crippen molar-refractivity contribution in [2.45, 2.75) is 0 Å². The van der Waals surface area contributed by atoms with Crippen molar-refractivity contribution < 1.29 is 14.3 Å². The molecule has 6 heteroatoms. The van der Waals surface area contributed by atoms with Gasteiger partial charge in [0.2, 0.25) is 0 Å². The Morgan fingerprint density at radius 3 is 2.65 bits per heavy atom. The van der Waals surface area contributed by atoms with Gasteiger partial charge in [-0.1, -0.05) is 18.2 Å². The number of carbonyl (C=O) groups excluding carboxylic acids is 1. The van der Waals surface area contributed by atoms with Crippen molar-refractivity contribution in [1.29, 1.82) is 0 Å². The van der Waals surface area contributed by atoms with Gasteiger partial charge in [0.25, 0.3) is 5.91 Å². The van der Waals surface area contributed by atoms with Crippen LogP contribution in [0.4, 0.5) is 11.5 Å².